The van der Waals surface area contributed by atoms with Crippen LogP contribution in [-0.2, 0) is 11.2 Å². The lowest BCUT2D eigenvalue weighted by atomic mass is 9.88. The van der Waals surface area contributed by atoms with Crippen molar-refractivity contribution in [2.75, 3.05) is 27.5 Å². The van der Waals surface area contributed by atoms with Gasteiger partial charge in [-0.25, -0.2) is 0 Å². The predicted octanol–water partition coefficient (Wildman–Crippen LogP) is 6.58. The highest BCUT2D eigenvalue weighted by atomic mass is 16.7. The van der Waals surface area contributed by atoms with E-state index in [0.717, 1.165) is 24.3 Å². The maximum atomic E-state index is 6.15. The van der Waals surface area contributed by atoms with Crippen molar-refractivity contribution in [3.63, 3.8) is 0 Å². The molecule has 0 saturated carbocycles. The molecule has 1 saturated heterocycles. The monoisotopic (exact) mass is 421 g/mol. The van der Waals surface area contributed by atoms with Crippen molar-refractivity contribution in [2.24, 2.45) is 0 Å². The van der Waals surface area contributed by atoms with E-state index in [1.54, 1.807) is 7.11 Å². The van der Waals surface area contributed by atoms with Gasteiger partial charge in [-0.15, -0.1) is 0 Å². The molecule has 1 aliphatic heterocycles. The Labute approximate surface area is 189 Å². The molecule has 1 aliphatic rings. The molecular formula is C28H39NO2. The van der Waals surface area contributed by atoms with Crippen LogP contribution in [-0.4, -0.2) is 38.4 Å². The van der Waals surface area contributed by atoms with E-state index in [1.165, 1.54) is 47.1 Å². The Morgan fingerprint density at radius 2 is 2.00 bits per heavy atom. The molecule has 1 unspecified atom stereocenters. The number of ether oxygens (including phenoxy) is 2. The molecule has 1 fully saturated rings. The van der Waals surface area contributed by atoms with Gasteiger partial charge in [0.05, 0.1) is 0 Å². The van der Waals surface area contributed by atoms with Crippen molar-refractivity contribution >= 4 is 5.57 Å². The SMILES string of the molecule is CCc1cccc(C(=CC2CCCCN2C)c2cc(C(C)C)cc(C)c2OCOC)c1. The van der Waals surface area contributed by atoms with E-state index in [9.17, 15) is 0 Å². The zero-order valence-electron chi connectivity index (χ0n) is 20.2. The second-order valence-corrected chi connectivity index (χ2v) is 9.10. The number of piperidine rings is 1. The fraction of sp³-hybridized carbons (Fsp3) is 0.500. The number of hydrogen-bond donors (Lipinski definition) is 0. The number of likely N-dealkylation sites (N-methyl/N-ethyl adjacent to an activating group) is 1. The molecule has 0 bridgehead atoms. The van der Waals surface area contributed by atoms with Gasteiger partial charge in [-0.1, -0.05) is 63.6 Å². The zero-order chi connectivity index (χ0) is 22.4. The minimum absolute atomic E-state index is 0.250. The number of aryl methyl sites for hydroxylation is 2. The molecule has 0 aromatic heterocycles. The Kier molecular flexibility index (Phi) is 8.34. The molecule has 0 N–H and O–H groups in total. The van der Waals surface area contributed by atoms with E-state index in [-0.39, 0.29) is 6.79 Å². The van der Waals surface area contributed by atoms with Crippen LogP contribution in [0, 0.1) is 6.92 Å². The second-order valence-electron chi connectivity index (χ2n) is 9.10. The molecule has 0 spiro atoms. The number of benzene rings is 2. The Morgan fingerprint density at radius 1 is 1.19 bits per heavy atom. The number of likely N-dealkylation sites (tertiary alicyclic amines) is 1. The molecule has 3 nitrogen and oxygen atoms in total. The second kappa shape index (κ2) is 11.0. The minimum Gasteiger partial charge on any atom is -0.467 e. The number of hydrogen-bond acceptors (Lipinski definition) is 3. The third kappa shape index (κ3) is 5.78. The van der Waals surface area contributed by atoms with Gasteiger partial charge < -0.3 is 9.47 Å². The quantitative estimate of drug-likeness (QED) is 0.449. The lowest BCUT2D eigenvalue weighted by molar-refractivity contribution is 0.0504. The molecule has 0 radical (unpaired) electrons. The highest BCUT2D eigenvalue weighted by Crippen LogP contribution is 2.38. The van der Waals surface area contributed by atoms with Crippen LogP contribution in [0.2, 0.25) is 0 Å². The van der Waals surface area contributed by atoms with E-state index >= 15 is 0 Å². The lowest BCUT2D eigenvalue weighted by Crippen LogP contribution is -2.34. The fourth-order valence-electron chi connectivity index (χ4n) is 4.45. The Balaban J connectivity index is 2.22. The number of rotatable bonds is 8. The van der Waals surface area contributed by atoms with Gasteiger partial charge in [0.1, 0.15) is 5.75 Å². The van der Waals surface area contributed by atoms with Crippen molar-refractivity contribution < 1.29 is 9.47 Å². The van der Waals surface area contributed by atoms with Gasteiger partial charge in [0.2, 0.25) is 0 Å². The summed E-state index contributed by atoms with van der Waals surface area (Å²) < 4.78 is 11.4. The molecular weight excluding hydrogens is 382 g/mol. The number of nitrogens with zero attached hydrogens (tertiary/aromatic N) is 1. The summed E-state index contributed by atoms with van der Waals surface area (Å²) in [5.74, 6) is 1.38. The van der Waals surface area contributed by atoms with Gasteiger partial charge in [0, 0.05) is 18.7 Å². The largest absolute Gasteiger partial charge is 0.467 e. The molecule has 0 amide bonds. The zero-order valence-corrected chi connectivity index (χ0v) is 20.2. The first-order chi connectivity index (χ1) is 14.9. The van der Waals surface area contributed by atoms with Crippen molar-refractivity contribution in [1.82, 2.24) is 4.90 Å². The number of methoxy groups -OCH3 is 1. The summed E-state index contributed by atoms with van der Waals surface area (Å²) in [4.78, 5) is 2.49. The summed E-state index contributed by atoms with van der Waals surface area (Å²) in [7, 11) is 3.93. The third-order valence-electron chi connectivity index (χ3n) is 6.41. The van der Waals surface area contributed by atoms with Gasteiger partial charge in [-0.05, 0) is 79.6 Å². The average molecular weight is 422 g/mol. The van der Waals surface area contributed by atoms with Gasteiger partial charge in [-0.2, -0.15) is 0 Å². The molecule has 1 heterocycles. The first kappa shape index (κ1) is 23.6. The first-order valence-electron chi connectivity index (χ1n) is 11.7. The fourth-order valence-corrected chi connectivity index (χ4v) is 4.45. The molecule has 168 valence electrons. The maximum Gasteiger partial charge on any atom is 0.188 e. The van der Waals surface area contributed by atoms with Gasteiger partial charge >= 0.3 is 0 Å². The van der Waals surface area contributed by atoms with E-state index in [0.29, 0.717) is 12.0 Å². The average Bonchev–Trinajstić information content (AvgIpc) is 2.77. The molecule has 1 atom stereocenters. The molecule has 31 heavy (non-hydrogen) atoms. The highest BCUT2D eigenvalue weighted by molar-refractivity contribution is 5.84. The molecule has 3 rings (SSSR count). The van der Waals surface area contributed by atoms with Gasteiger partial charge in [-0.3, -0.25) is 4.90 Å². The topological polar surface area (TPSA) is 21.7 Å². The lowest BCUT2D eigenvalue weighted by Gasteiger charge is -2.31. The predicted molar refractivity (Wildman–Crippen MR) is 131 cm³/mol. The van der Waals surface area contributed by atoms with Crippen LogP contribution in [0.15, 0.2) is 42.5 Å². The molecule has 2 aromatic rings. The van der Waals surface area contributed by atoms with Crippen LogP contribution in [0.25, 0.3) is 5.57 Å². The summed E-state index contributed by atoms with van der Waals surface area (Å²) in [5.41, 5.74) is 7.57. The van der Waals surface area contributed by atoms with Crippen LogP contribution in [0.5, 0.6) is 5.75 Å². The maximum absolute atomic E-state index is 6.15. The van der Waals surface area contributed by atoms with Crippen molar-refractivity contribution in [2.45, 2.75) is 65.3 Å². The van der Waals surface area contributed by atoms with Crippen LogP contribution in [0.3, 0.4) is 0 Å². The van der Waals surface area contributed by atoms with Gasteiger partial charge in [0.15, 0.2) is 6.79 Å². The first-order valence-corrected chi connectivity index (χ1v) is 11.7. The highest BCUT2D eigenvalue weighted by Gasteiger charge is 2.22. The van der Waals surface area contributed by atoms with E-state index in [4.69, 9.17) is 9.47 Å². The summed E-state index contributed by atoms with van der Waals surface area (Å²) >= 11 is 0. The Bertz CT molecular complexity index is 900. The van der Waals surface area contributed by atoms with Crippen LogP contribution in [0.1, 0.15) is 73.8 Å². The molecule has 3 heteroatoms. The Morgan fingerprint density at radius 3 is 2.68 bits per heavy atom. The smallest absolute Gasteiger partial charge is 0.188 e. The van der Waals surface area contributed by atoms with E-state index < -0.39 is 0 Å². The molecule has 0 aliphatic carbocycles. The van der Waals surface area contributed by atoms with E-state index in [2.05, 4.69) is 82.1 Å². The van der Waals surface area contributed by atoms with Crippen molar-refractivity contribution in [1.29, 1.82) is 0 Å². The van der Waals surface area contributed by atoms with Crippen LogP contribution < -0.4 is 4.74 Å². The van der Waals surface area contributed by atoms with E-state index in [1.807, 2.05) is 0 Å². The standard InChI is InChI=1S/C28H39NO2/c1-7-22-11-10-12-23(16-22)26(18-25-13-8-9-14-29(25)5)27-17-24(20(2)3)15-21(4)28(27)31-19-30-6/h10-12,15-18,20,25H,7-9,13-14,19H2,1-6H3. The Hall–Kier alpha value is -2.10. The summed E-state index contributed by atoms with van der Waals surface area (Å²) in [5, 5.41) is 0. The third-order valence-corrected chi connectivity index (χ3v) is 6.41. The normalized spacial score (nSPS) is 17.9. The van der Waals surface area contributed by atoms with Crippen molar-refractivity contribution in [3.8, 4) is 5.75 Å². The summed E-state index contributed by atoms with van der Waals surface area (Å²) in [6, 6.07) is 14.0. The van der Waals surface area contributed by atoms with Crippen molar-refractivity contribution in [3.05, 3.63) is 70.3 Å². The van der Waals surface area contributed by atoms with Crippen LogP contribution >= 0.6 is 0 Å². The summed E-state index contributed by atoms with van der Waals surface area (Å²) in [6.45, 7) is 10.3. The molecule has 2 aromatic carbocycles. The van der Waals surface area contributed by atoms with Gasteiger partial charge in [0.25, 0.3) is 0 Å². The van der Waals surface area contributed by atoms with Crippen LogP contribution in [0.4, 0.5) is 0 Å². The minimum atomic E-state index is 0.250. The summed E-state index contributed by atoms with van der Waals surface area (Å²) in [6.07, 6.45) is 7.27.